The molecule has 0 amide bonds. The minimum atomic E-state index is 0.821. The molecule has 0 radical (unpaired) electrons. The van der Waals surface area contributed by atoms with Crippen molar-refractivity contribution < 1.29 is 0 Å². The summed E-state index contributed by atoms with van der Waals surface area (Å²) in [5.74, 6) is 0.821. The zero-order chi connectivity index (χ0) is 10.3. The van der Waals surface area contributed by atoms with Gasteiger partial charge in [0.2, 0.25) is 0 Å². The van der Waals surface area contributed by atoms with Crippen LogP contribution in [0.15, 0.2) is 28.7 Å². The molecule has 1 aliphatic heterocycles. The van der Waals surface area contributed by atoms with Gasteiger partial charge in [0.1, 0.15) is 0 Å². The molecule has 1 aliphatic rings. The third-order valence-corrected chi connectivity index (χ3v) is 3.51. The van der Waals surface area contributed by atoms with Gasteiger partial charge in [0.15, 0.2) is 0 Å². The predicted octanol–water partition coefficient (Wildman–Crippen LogP) is 2.69. The quantitative estimate of drug-likeness (QED) is 0.858. The van der Waals surface area contributed by atoms with Crippen molar-refractivity contribution in [2.45, 2.75) is 6.42 Å². The molecule has 3 rings (SSSR count). The third kappa shape index (κ3) is 1.82. The average molecular weight is 265 g/mol. The SMILES string of the molecule is Brc1ccc2[nH]c(CC3CNC3)cc2c1. The summed E-state index contributed by atoms with van der Waals surface area (Å²) in [6, 6.07) is 8.63. The number of H-pyrrole nitrogens is 1. The smallest absolute Gasteiger partial charge is 0.0456 e. The van der Waals surface area contributed by atoms with E-state index < -0.39 is 0 Å². The molecule has 0 aliphatic carbocycles. The summed E-state index contributed by atoms with van der Waals surface area (Å²) < 4.78 is 1.14. The summed E-state index contributed by atoms with van der Waals surface area (Å²) in [5.41, 5.74) is 2.59. The zero-order valence-electron chi connectivity index (χ0n) is 8.39. The van der Waals surface area contributed by atoms with Gasteiger partial charge in [-0.2, -0.15) is 0 Å². The summed E-state index contributed by atoms with van der Waals surface area (Å²) in [6.45, 7) is 2.33. The number of rotatable bonds is 2. The molecule has 1 aromatic carbocycles. The van der Waals surface area contributed by atoms with Crippen LogP contribution in [0.1, 0.15) is 5.69 Å². The molecule has 2 heterocycles. The number of hydrogen-bond donors (Lipinski definition) is 2. The van der Waals surface area contributed by atoms with Gasteiger partial charge in [-0.1, -0.05) is 15.9 Å². The minimum Gasteiger partial charge on any atom is -0.358 e. The van der Waals surface area contributed by atoms with Crippen LogP contribution in [0, 0.1) is 5.92 Å². The van der Waals surface area contributed by atoms with Gasteiger partial charge < -0.3 is 10.3 Å². The molecule has 2 aromatic rings. The Labute approximate surface area is 97.2 Å². The first-order valence-corrected chi connectivity index (χ1v) is 6.08. The Morgan fingerprint density at radius 1 is 1.27 bits per heavy atom. The van der Waals surface area contributed by atoms with Gasteiger partial charge in [-0.3, -0.25) is 0 Å². The summed E-state index contributed by atoms with van der Waals surface area (Å²) in [5, 5.41) is 4.60. The largest absolute Gasteiger partial charge is 0.358 e. The Balaban J connectivity index is 1.91. The first-order chi connectivity index (χ1) is 7.31. The lowest BCUT2D eigenvalue weighted by Gasteiger charge is -2.26. The van der Waals surface area contributed by atoms with Crippen LogP contribution in [0.2, 0.25) is 0 Å². The fraction of sp³-hybridized carbons (Fsp3) is 0.333. The number of fused-ring (bicyclic) bond motifs is 1. The molecule has 0 bridgehead atoms. The molecule has 1 aromatic heterocycles. The van der Waals surface area contributed by atoms with Crippen molar-refractivity contribution in [3.8, 4) is 0 Å². The molecular weight excluding hydrogens is 252 g/mol. The highest BCUT2D eigenvalue weighted by atomic mass is 79.9. The predicted molar refractivity (Wildman–Crippen MR) is 66.1 cm³/mol. The second-order valence-electron chi connectivity index (χ2n) is 4.25. The fourth-order valence-corrected chi connectivity index (χ4v) is 2.46. The fourth-order valence-electron chi connectivity index (χ4n) is 2.08. The van der Waals surface area contributed by atoms with E-state index in [1.165, 1.54) is 36.1 Å². The minimum absolute atomic E-state index is 0.821. The van der Waals surface area contributed by atoms with Crippen molar-refractivity contribution in [3.05, 3.63) is 34.4 Å². The van der Waals surface area contributed by atoms with E-state index in [0.29, 0.717) is 0 Å². The molecule has 3 heteroatoms. The zero-order valence-corrected chi connectivity index (χ0v) is 9.97. The number of benzene rings is 1. The third-order valence-electron chi connectivity index (χ3n) is 3.01. The summed E-state index contributed by atoms with van der Waals surface area (Å²) in [6.07, 6.45) is 1.17. The van der Waals surface area contributed by atoms with E-state index in [1.54, 1.807) is 0 Å². The first-order valence-electron chi connectivity index (χ1n) is 5.29. The Morgan fingerprint density at radius 2 is 2.13 bits per heavy atom. The van der Waals surface area contributed by atoms with Crippen LogP contribution in [-0.4, -0.2) is 18.1 Å². The van der Waals surface area contributed by atoms with E-state index >= 15 is 0 Å². The summed E-state index contributed by atoms with van der Waals surface area (Å²) in [4.78, 5) is 3.47. The highest BCUT2D eigenvalue weighted by molar-refractivity contribution is 9.10. The lowest BCUT2D eigenvalue weighted by Crippen LogP contribution is -2.43. The van der Waals surface area contributed by atoms with E-state index in [-0.39, 0.29) is 0 Å². The van der Waals surface area contributed by atoms with Gasteiger partial charge in [-0.05, 0) is 49.7 Å². The number of aromatic amines is 1. The normalized spacial score (nSPS) is 16.9. The average Bonchev–Trinajstić information content (AvgIpc) is 2.53. The maximum absolute atomic E-state index is 3.49. The van der Waals surface area contributed by atoms with Crippen molar-refractivity contribution >= 4 is 26.8 Å². The van der Waals surface area contributed by atoms with Crippen molar-refractivity contribution in [1.82, 2.24) is 10.3 Å². The van der Waals surface area contributed by atoms with Crippen molar-refractivity contribution in [3.63, 3.8) is 0 Å². The monoisotopic (exact) mass is 264 g/mol. The van der Waals surface area contributed by atoms with Crippen LogP contribution in [0.3, 0.4) is 0 Å². The number of hydrogen-bond acceptors (Lipinski definition) is 1. The summed E-state index contributed by atoms with van der Waals surface area (Å²) in [7, 11) is 0. The molecule has 0 atom stereocenters. The highest BCUT2D eigenvalue weighted by Crippen LogP contribution is 2.22. The second-order valence-corrected chi connectivity index (χ2v) is 5.17. The molecule has 15 heavy (non-hydrogen) atoms. The van der Waals surface area contributed by atoms with Crippen LogP contribution < -0.4 is 5.32 Å². The van der Waals surface area contributed by atoms with Crippen molar-refractivity contribution in [1.29, 1.82) is 0 Å². The Hall–Kier alpha value is -0.800. The second kappa shape index (κ2) is 3.65. The Morgan fingerprint density at radius 3 is 2.87 bits per heavy atom. The van der Waals surface area contributed by atoms with E-state index in [4.69, 9.17) is 0 Å². The van der Waals surface area contributed by atoms with Crippen molar-refractivity contribution in [2.24, 2.45) is 5.92 Å². The van der Waals surface area contributed by atoms with E-state index in [1.807, 2.05) is 0 Å². The van der Waals surface area contributed by atoms with E-state index in [9.17, 15) is 0 Å². The van der Waals surface area contributed by atoms with Gasteiger partial charge in [0.25, 0.3) is 0 Å². The molecule has 2 nitrogen and oxygen atoms in total. The van der Waals surface area contributed by atoms with E-state index in [2.05, 4.69) is 50.5 Å². The standard InChI is InChI=1S/C12H13BrN2/c13-10-1-2-12-9(4-10)5-11(15-12)3-8-6-14-7-8/h1-2,4-5,8,14-15H,3,6-7H2. The lowest BCUT2D eigenvalue weighted by atomic mass is 9.98. The number of aromatic nitrogens is 1. The van der Waals surface area contributed by atoms with Gasteiger partial charge in [0.05, 0.1) is 0 Å². The van der Waals surface area contributed by atoms with Gasteiger partial charge >= 0.3 is 0 Å². The molecule has 0 unspecified atom stereocenters. The summed E-state index contributed by atoms with van der Waals surface area (Å²) >= 11 is 3.49. The molecular formula is C12H13BrN2. The van der Waals surface area contributed by atoms with Gasteiger partial charge in [0, 0.05) is 21.1 Å². The van der Waals surface area contributed by atoms with Gasteiger partial charge in [-0.25, -0.2) is 0 Å². The van der Waals surface area contributed by atoms with Gasteiger partial charge in [-0.15, -0.1) is 0 Å². The molecule has 0 spiro atoms. The van der Waals surface area contributed by atoms with E-state index in [0.717, 1.165) is 10.4 Å². The number of nitrogens with one attached hydrogen (secondary N) is 2. The van der Waals surface area contributed by atoms with Crippen LogP contribution in [0.25, 0.3) is 10.9 Å². The molecule has 78 valence electrons. The Kier molecular flexibility index (Phi) is 2.29. The molecule has 1 saturated heterocycles. The van der Waals surface area contributed by atoms with Crippen LogP contribution in [-0.2, 0) is 6.42 Å². The van der Waals surface area contributed by atoms with Crippen LogP contribution in [0.5, 0.6) is 0 Å². The maximum Gasteiger partial charge on any atom is 0.0456 e. The topological polar surface area (TPSA) is 27.8 Å². The van der Waals surface area contributed by atoms with Crippen LogP contribution in [0.4, 0.5) is 0 Å². The van der Waals surface area contributed by atoms with Crippen LogP contribution >= 0.6 is 15.9 Å². The number of halogens is 1. The lowest BCUT2D eigenvalue weighted by molar-refractivity contribution is 0.344. The maximum atomic E-state index is 3.49. The molecule has 1 fully saturated rings. The molecule has 0 saturated carbocycles. The van der Waals surface area contributed by atoms with Crippen molar-refractivity contribution in [2.75, 3.05) is 13.1 Å². The first kappa shape index (κ1) is 9.43. The Bertz CT molecular complexity index is 485. The molecule has 2 N–H and O–H groups in total. The highest BCUT2D eigenvalue weighted by Gasteiger charge is 2.17.